The molecule has 6 nitrogen and oxygen atoms in total. The van der Waals surface area contributed by atoms with Crippen LogP contribution in [0.15, 0.2) is 43.1 Å². The number of alkyl halides is 3. The van der Waals surface area contributed by atoms with E-state index in [-0.39, 0.29) is 17.7 Å². The first kappa shape index (κ1) is 19.7. The standard InChI is InChI=1S/C19H19F3N4O2/c1-3-17(28)23-8-13-10-25(12(2)27)18-16(9-24-26(18)11-13)14-4-6-15(7-5-14)19(20,21)22/h3-7,9,13H,1,8,10-11H2,2H3,(H,23,28). The van der Waals surface area contributed by atoms with Crippen molar-refractivity contribution < 1.29 is 22.8 Å². The van der Waals surface area contributed by atoms with Gasteiger partial charge in [-0.1, -0.05) is 18.7 Å². The Morgan fingerprint density at radius 3 is 2.54 bits per heavy atom. The van der Waals surface area contributed by atoms with Crippen molar-refractivity contribution in [3.63, 3.8) is 0 Å². The Morgan fingerprint density at radius 1 is 1.29 bits per heavy atom. The SMILES string of the molecule is C=CC(=O)NCC1CN(C(C)=O)c2c(-c3ccc(C(F)(F)F)cc3)cnn2C1. The van der Waals surface area contributed by atoms with E-state index < -0.39 is 11.7 Å². The van der Waals surface area contributed by atoms with Gasteiger partial charge < -0.3 is 5.32 Å². The zero-order chi connectivity index (χ0) is 20.5. The van der Waals surface area contributed by atoms with Crippen molar-refractivity contribution in [1.29, 1.82) is 0 Å². The Hall–Kier alpha value is -3.10. The summed E-state index contributed by atoms with van der Waals surface area (Å²) in [7, 11) is 0. The Kier molecular flexibility index (Phi) is 5.26. The van der Waals surface area contributed by atoms with Crippen molar-refractivity contribution in [3.05, 3.63) is 48.7 Å². The van der Waals surface area contributed by atoms with Crippen molar-refractivity contribution in [1.82, 2.24) is 15.1 Å². The molecule has 0 bridgehead atoms. The summed E-state index contributed by atoms with van der Waals surface area (Å²) in [6.45, 7) is 6.00. The first-order chi connectivity index (χ1) is 13.2. The van der Waals surface area contributed by atoms with Crippen molar-refractivity contribution in [2.24, 2.45) is 5.92 Å². The highest BCUT2D eigenvalue weighted by molar-refractivity contribution is 5.95. The third-order valence-corrected chi connectivity index (χ3v) is 4.59. The van der Waals surface area contributed by atoms with Crippen LogP contribution < -0.4 is 10.2 Å². The molecule has 1 N–H and O–H groups in total. The van der Waals surface area contributed by atoms with E-state index in [0.29, 0.717) is 36.6 Å². The maximum absolute atomic E-state index is 12.8. The van der Waals surface area contributed by atoms with Gasteiger partial charge in [0.1, 0.15) is 5.82 Å². The minimum absolute atomic E-state index is 0.0549. The predicted molar refractivity (Wildman–Crippen MR) is 97.4 cm³/mol. The number of amides is 2. The fourth-order valence-electron chi connectivity index (χ4n) is 3.21. The monoisotopic (exact) mass is 392 g/mol. The molecule has 3 rings (SSSR count). The van der Waals surface area contributed by atoms with E-state index in [4.69, 9.17) is 0 Å². The number of halogens is 3. The van der Waals surface area contributed by atoms with Gasteiger partial charge in [0.25, 0.3) is 0 Å². The second-order valence-electron chi connectivity index (χ2n) is 6.58. The van der Waals surface area contributed by atoms with Gasteiger partial charge in [-0.2, -0.15) is 18.3 Å². The van der Waals surface area contributed by atoms with Gasteiger partial charge in [-0.05, 0) is 23.8 Å². The van der Waals surface area contributed by atoms with Crippen LogP contribution >= 0.6 is 0 Å². The zero-order valence-electron chi connectivity index (χ0n) is 15.2. The topological polar surface area (TPSA) is 67.2 Å². The van der Waals surface area contributed by atoms with Gasteiger partial charge >= 0.3 is 6.18 Å². The minimum Gasteiger partial charge on any atom is -0.352 e. The van der Waals surface area contributed by atoms with Crippen LogP contribution in [0, 0.1) is 5.92 Å². The lowest BCUT2D eigenvalue weighted by Crippen LogP contribution is -2.45. The third-order valence-electron chi connectivity index (χ3n) is 4.59. The molecular weight excluding hydrogens is 373 g/mol. The number of aromatic nitrogens is 2. The second-order valence-corrected chi connectivity index (χ2v) is 6.58. The average molecular weight is 392 g/mol. The molecule has 1 unspecified atom stereocenters. The fourth-order valence-corrected chi connectivity index (χ4v) is 3.21. The molecule has 2 amide bonds. The fraction of sp³-hybridized carbons (Fsp3) is 0.316. The van der Waals surface area contributed by atoms with Crippen LogP contribution in [-0.4, -0.2) is 34.7 Å². The summed E-state index contributed by atoms with van der Waals surface area (Å²) < 4.78 is 40.0. The zero-order valence-corrected chi connectivity index (χ0v) is 15.2. The molecule has 0 saturated heterocycles. The van der Waals surface area contributed by atoms with Crippen LogP contribution in [-0.2, 0) is 22.3 Å². The first-order valence-corrected chi connectivity index (χ1v) is 8.62. The number of nitrogens with zero attached hydrogens (tertiary/aromatic N) is 3. The third kappa shape index (κ3) is 3.92. The van der Waals surface area contributed by atoms with Crippen molar-refractivity contribution >= 4 is 17.6 Å². The highest BCUT2D eigenvalue weighted by atomic mass is 19.4. The van der Waals surface area contributed by atoms with Crippen molar-refractivity contribution in [2.45, 2.75) is 19.6 Å². The summed E-state index contributed by atoms with van der Waals surface area (Å²) in [6, 6.07) is 4.76. The smallest absolute Gasteiger partial charge is 0.352 e. The van der Waals surface area contributed by atoms with Crippen LogP contribution in [0.4, 0.5) is 19.0 Å². The van der Waals surface area contributed by atoms with Crippen LogP contribution in [0.1, 0.15) is 12.5 Å². The number of carbonyl (C=O) groups is 2. The molecule has 0 spiro atoms. The summed E-state index contributed by atoms with van der Waals surface area (Å²) in [4.78, 5) is 25.1. The van der Waals surface area contributed by atoms with E-state index in [1.807, 2.05) is 0 Å². The molecule has 148 valence electrons. The van der Waals surface area contributed by atoms with E-state index >= 15 is 0 Å². The van der Waals surface area contributed by atoms with E-state index in [9.17, 15) is 22.8 Å². The number of hydrogen-bond acceptors (Lipinski definition) is 3. The molecule has 0 aliphatic carbocycles. The lowest BCUT2D eigenvalue weighted by atomic mass is 10.0. The quantitative estimate of drug-likeness (QED) is 0.814. The number of benzene rings is 1. The van der Waals surface area contributed by atoms with Crippen molar-refractivity contribution in [3.8, 4) is 11.1 Å². The van der Waals surface area contributed by atoms with E-state index in [0.717, 1.165) is 12.1 Å². The van der Waals surface area contributed by atoms with Gasteiger partial charge in [-0.3, -0.25) is 14.5 Å². The highest BCUT2D eigenvalue weighted by Gasteiger charge is 2.32. The molecule has 2 aromatic rings. The molecule has 1 aromatic carbocycles. The highest BCUT2D eigenvalue weighted by Crippen LogP contribution is 2.36. The first-order valence-electron chi connectivity index (χ1n) is 8.62. The normalized spacial score (nSPS) is 16.4. The molecule has 1 aromatic heterocycles. The van der Waals surface area contributed by atoms with E-state index in [1.165, 1.54) is 30.0 Å². The summed E-state index contributed by atoms with van der Waals surface area (Å²) in [5.74, 6) is -0.0278. The van der Waals surface area contributed by atoms with Gasteiger partial charge in [0, 0.05) is 38.0 Å². The second kappa shape index (κ2) is 7.49. The van der Waals surface area contributed by atoms with E-state index in [2.05, 4.69) is 17.0 Å². The minimum atomic E-state index is -4.41. The molecular formula is C19H19F3N4O2. The largest absolute Gasteiger partial charge is 0.416 e. The van der Waals surface area contributed by atoms with Gasteiger partial charge in [-0.15, -0.1) is 0 Å². The van der Waals surface area contributed by atoms with E-state index in [1.54, 1.807) is 10.9 Å². The molecule has 9 heteroatoms. The van der Waals surface area contributed by atoms with Gasteiger partial charge in [-0.25, -0.2) is 4.68 Å². The summed E-state index contributed by atoms with van der Waals surface area (Å²) in [5.41, 5.74) is 0.384. The summed E-state index contributed by atoms with van der Waals surface area (Å²) in [5, 5.41) is 7.01. The molecule has 0 radical (unpaired) electrons. The molecule has 28 heavy (non-hydrogen) atoms. The number of carbonyl (C=O) groups excluding carboxylic acids is 2. The Labute approximate surface area is 159 Å². The number of fused-ring (bicyclic) bond motifs is 1. The number of rotatable bonds is 4. The van der Waals surface area contributed by atoms with Gasteiger partial charge in [0.15, 0.2) is 0 Å². The van der Waals surface area contributed by atoms with Crippen LogP contribution in [0.3, 0.4) is 0 Å². The summed E-state index contributed by atoms with van der Waals surface area (Å²) >= 11 is 0. The predicted octanol–water partition coefficient (Wildman–Crippen LogP) is 2.85. The molecule has 1 aliphatic rings. The Bertz CT molecular complexity index is 903. The average Bonchev–Trinajstić information content (AvgIpc) is 3.08. The molecule has 0 fully saturated rings. The molecule has 1 aliphatic heterocycles. The lowest BCUT2D eigenvalue weighted by Gasteiger charge is -2.33. The van der Waals surface area contributed by atoms with Crippen LogP contribution in [0.5, 0.6) is 0 Å². The molecule has 0 saturated carbocycles. The number of nitrogens with one attached hydrogen (secondary N) is 1. The lowest BCUT2D eigenvalue weighted by molar-refractivity contribution is -0.137. The number of anilines is 1. The maximum Gasteiger partial charge on any atom is 0.416 e. The van der Waals surface area contributed by atoms with Crippen molar-refractivity contribution in [2.75, 3.05) is 18.0 Å². The number of hydrogen-bond donors (Lipinski definition) is 1. The van der Waals surface area contributed by atoms with Gasteiger partial charge in [0.05, 0.1) is 11.8 Å². The molecule has 2 heterocycles. The molecule has 1 atom stereocenters. The van der Waals surface area contributed by atoms with Gasteiger partial charge in [0.2, 0.25) is 11.8 Å². The Morgan fingerprint density at radius 2 is 1.96 bits per heavy atom. The summed E-state index contributed by atoms with van der Waals surface area (Å²) in [6.07, 6.45) is -1.70. The van der Waals surface area contributed by atoms with Crippen LogP contribution in [0.25, 0.3) is 11.1 Å². The Balaban J connectivity index is 1.90. The van der Waals surface area contributed by atoms with Crippen LogP contribution in [0.2, 0.25) is 0 Å². The maximum atomic E-state index is 12.8.